The number of benzene rings is 1. The molecule has 0 atom stereocenters. The fourth-order valence-corrected chi connectivity index (χ4v) is 4.33. The number of nitrogens with zero attached hydrogens (tertiary/aromatic N) is 1. The molecule has 0 aliphatic carbocycles. The van der Waals surface area contributed by atoms with Crippen LogP contribution in [0, 0.1) is 0 Å². The number of nitrogens with one attached hydrogen (secondary N) is 2. The summed E-state index contributed by atoms with van der Waals surface area (Å²) >= 11 is 0. The Balaban J connectivity index is 1.33. The van der Waals surface area contributed by atoms with Gasteiger partial charge in [-0.1, -0.05) is 19.4 Å². The number of aromatic nitrogens is 1. The Morgan fingerprint density at radius 2 is 1.94 bits per heavy atom. The van der Waals surface area contributed by atoms with Gasteiger partial charge in [0.2, 0.25) is 21.8 Å². The third kappa shape index (κ3) is 7.61. The number of pyridine rings is 1. The number of carbonyl (C=O) groups is 1. The van der Waals surface area contributed by atoms with Gasteiger partial charge in [0.25, 0.3) is 0 Å². The zero-order chi connectivity index (χ0) is 23.5. The average Bonchev–Trinajstić information content (AvgIpc) is 2.83. The number of carbonyl (C=O) groups excluding carboxylic acids is 1. The molecule has 0 spiro atoms. The van der Waals surface area contributed by atoms with Crippen molar-refractivity contribution in [1.29, 1.82) is 0 Å². The number of fused-ring (bicyclic) bond motifs is 1. The van der Waals surface area contributed by atoms with Crippen molar-refractivity contribution in [1.82, 2.24) is 15.0 Å². The number of sulfonamides is 1. The van der Waals surface area contributed by atoms with Crippen LogP contribution in [0.25, 0.3) is 0 Å². The first kappa shape index (κ1) is 24.8. The van der Waals surface area contributed by atoms with Gasteiger partial charge in [-0.3, -0.25) is 4.79 Å². The predicted octanol–water partition coefficient (Wildman–Crippen LogP) is 2.80. The number of amides is 1. The molecule has 3 rings (SSSR count). The minimum Gasteiger partial charge on any atom is -0.486 e. The maximum absolute atomic E-state index is 12.5. The lowest BCUT2D eigenvalue weighted by Crippen LogP contribution is -2.25. The van der Waals surface area contributed by atoms with Gasteiger partial charge < -0.3 is 19.5 Å². The summed E-state index contributed by atoms with van der Waals surface area (Å²) in [6.45, 7) is 4.11. The lowest BCUT2D eigenvalue weighted by molar-refractivity contribution is -0.121. The molecule has 1 aliphatic heterocycles. The van der Waals surface area contributed by atoms with E-state index in [1.807, 2.05) is 19.1 Å². The van der Waals surface area contributed by atoms with Gasteiger partial charge in [0.1, 0.15) is 13.2 Å². The molecular weight excluding hydrogens is 446 g/mol. The zero-order valence-electron chi connectivity index (χ0n) is 18.8. The van der Waals surface area contributed by atoms with Gasteiger partial charge in [-0.2, -0.15) is 0 Å². The van der Waals surface area contributed by atoms with E-state index in [0.29, 0.717) is 69.6 Å². The molecule has 10 heteroatoms. The van der Waals surface area contributed by atoms with Gasteiger partial charge in [-0.25, -0.2) is 18.1 Å². The zero-order valence-corrected chi connectivity index (χ0v) is 19.7. The van der Waals surface area contributed by atoms with E-state index in [9.17, 15) is 13.2 Å². The maximum Gasteiger partial charge on any atom is 0.240 e. The Hall–Kier alpha value is -2.85. The summed E-state index contributed by atoms with van der Waals surface area (Å²) in [5.41, 5.74) is 0.841. The third-order valence-electron chi connectivity index (χ3n) is 4.97. The number of rotatable bonds is 13. The van der Waals surface area contributed by atoms with E-state index in [-0.39, 0.29) is 10.8 Å². The first-order valence-electron chi connectivity index (χ1n) is 11.2. The Morgan fingerprint density at radius 3 is 2.76 bits per heavy atom. The van der Waals surface area contributed by atoms with Crippen molar-refractivity contribution in [3.8, 4) is 17.4 Å². The molecule has 0 saturated heterocycles. The Bertz CT molecular complexity index is 1030. The molecule has 1 aromatic heterocycles. The van der Waals surface area contributed by atoms with Crippen LogP contribution in [0.15, 0.2) is 41.4 Å². The number of hydrogen-bond acceptors (Lipinski definition) is 7. The van der Waals surface area contributed by atoms with Crippen LogP contribution in [0.5, 0.6) is 17.4 Å². The molecule has 0 radical (unpaired) electrons. The highest BCUT2D eigenvalue weighted by molar-refractivity contribution is 7.89. The molecule has 2 aromatic rings. The van der Waals surface area contributed by atoms with Crippen LogP contribution in [0.1, 0.15) is 44.6 Å². The summed E-state index contributed by atoms with van der Waals surface area (Å²) in [7, 11) is -3.63. The van der Waals surface area contributed by atoms with Crippen molar-refractivity contribution >= 4 is 15.9 Å². The van der Waals surface area contributed by atoms with E-state index < -0.39 is 10.0 Å². The Kier molecular flexibility index (Phi) is 9.32. The van der Waals surface area contributed by atoms with E-state index >= 15 is 0 Å². The van der Waals surface area contributed by atoms with Crippen molar-refractivity contribution in [2.75, 3.05) is 26.4 Å². The molecule has 180 valence electrons. The Morgan fingerprint density at radius 1 is 1.12 bits per heavy atom. The van der Waals surface area contributed by atoms with E-state index in [0.717, 1.165) is 18.4 Å². The van der Waals surface area contributed by atoms with Gasteiger partial charge in [0.15, 0.2) is 11.5 Å². The highest BCUT2D eigenvalue weighted by Gasteiger charge is 2.19. The highest BCUT2D eigenvalue weighted by atomic mass is 32.2. The van der Waals surface area contributed by atoms with Crippen LogP contribution in [0.4, 0.5) is 0 Å². The summed E-state index contributed by atoms with van der Waals surface area (Å²) in [5.74, 6) is 1.47. The molecule has 33 heavy (non-hydrogen) atoms. The van der Waals surface area contributed by atoms with Gasteiger partial charge in [-0.15, -0.1) is 0 Å². The highest BCUT2D eigenvalue weighted by Crippen LogP contribution is 2.32. The van der Waals surface area contributed by atoms with Gasteiger partial charge >= 0.3 is 0 Å². The normalized spacial score (nSPS) is 12.9. The van der Waals surface area contributed by atoms with Crippen LogP contribution < -0.4 is 24.2 Å². The molecule has 1 amide bonds. The summed E-state index contributed by atoms with van der Waals surface area (Å²) in [6.07, 6.45) is 4.96. The van der Waals surface area contributed by atoms with Crippen LogP contribution >= 0.6 is 0 Å². The number of ether oxygens (including phenoxy) is 3. The van der Waals surface area contributed by atoms with Crippen molar-refractivity contribution < 1.29 is 27.4 Å². The standard InChI is InChI=1S/C23H31N3O6S/c1-2-13-32-23-18(7-6-11-24-23)17-25-22(27)8-4-3-5-12-26-33(28,29)19-9-10-20-21(16-19)31-15-14-30-20/h6-7,9-11,16,26H,2-5,8,12-15,17H2,1H3,(H,25,27). The van der Waals surface area contributed by atoms with E-state index in [1.165, 1.54) is 12.1 Å². The van der Waals surface area contributed by atoms with Gasteiger partial charge in [0, 0.05) is 37.3 Å². The lowest BCUT2D eigenvalue weighted by atomic mass is 10.2. The third-order valence-corrected chi connectivity index (χ3v) is 6.42. The van der Waals surface area contributed by atoms with Crippen LogP contribution in [0.2, 0.25) is 0 Å². The number of hydrogen-bond donors (Lipinski definition) is 2. The maximum atomic E-state index is 12.5. The smallest absolute Gasteiger partial charge is 0.240 e. The SMILES string of the molecule is CCCOc1ncccc1CNC(=O)CCCCCNS(=O)(=O)c1ccc2c(c1)OCCO2. The minimum atomic E-state index is -3.63. The summed E-state index contributed by atoms with van der Waals surface area (Å²) in [5, 5.41) is 2.88. The molecule has 0 fully saturated rings. The molecule has 9 nitrogen and oxygen atoms in total. The summed E-state index contributed by atoms with van der Waals surface area (Å²) < 4.78 is 44.0. The quantitative estimate of drug-likeness (QED) is 0.426. The monoisotopic (exact) mass is 477 g/mol. The number of unbranched alkanes of at least 4 members (excludes halogenated alkanes) is 2. The van der Waals surface area contributed by atoms with Crippen LogP contribution in [-0.4, -0.2) is 45.7 Å². The predicted molar refractivity (Wildman–Crippen MR) is 123 cm³/mol. The first-order chi connectivity index (χ1) is 16.0. The van der Waals surface area contributed by atoms with Crippen molar-refractivity contribution in [2.45, 2.75) is 50.5 Å². The molecule has 1 aromatic carbocycles. The average molecular weight is 478 g/mol. The van der Waals surface area contributed by atoms with Crippen LogP contribution in [-0.2, 0) is 21.4 Å². The molecule has 2 heterocycles. The topological polar surface area (TPSA) is 116 Å². The van der Waals surface area contributed by atoms with Crippen molar-refractivity contribution in [3.05, 3.63) is 42.1 Å². The molecule has 0 unspecified atom stereocenters. The van der Waals surface area contributed by atoms with E-state index in [4.69, 9.17) is 14.2 Å². The lowest BCUT2D eigenvalue weighted by Gasteiger charge is -2.18. The molecule has 0 bridgehead atoms. The van der Waals surface area contributed by atoms with E-state index in [1.54, 1.807) is 12.3 Å². The largest absolute Gasteiger partial charge is 0.486 e. The van der Waals surface area contributed by atoms with Gasteiger partial charge in [-0.05, 0) is 37.5 Å². The molecule has 1 aliphatic rings. The molecular formula is C23H31N3O6S. The van der Waals surface area contributed by atoms with Gasteiger partial charge in [0.05, 0.1) is 11.5 Å². The second kappa shape index (κ2) is 12.4. The fraction of sp³-hybridized carbons (Fsp3) is 0.478. The van der Waals surface area contributed by atoms with E-state index in [2.05, 4.69) is 15.0 Å². The second-order valence-electron chi connectivity index (χ2n) is 7.61. The first-order valence-corrected chi connectivity index (χ1v) is 12.7. The summed E-state index contributed by atoms with van der Waals surface area (Å²) in [6, 6.07) is 8.27. The fourth-order valence-electron chi connectivity index (χ4n) is 3.24. The Labute approximate surface area is 194 Å². The molecule has 0 saturated carbocycles. The van der Waals surface area contributed by atoms with Crippen molar-refractivity contribution in [3.63, 3.8) is 0 Å². The van der Waals surface area contributed by atoms with Crippen LogP contribution in [0.3, 0.4) is 0 Å². The summed E-state index contributed by atoms with van der Waals surface area (Å²) in [4.78, 5) is 16.5. The minimum absolute atomic E-state index is 0.0582. The second-order valence-corrected chi connectivity index (χ2v) is 9.37. The molecule has 2 N–H and O–H groups in total. The van der Waals surface area contributed by atoms with Crippen molar-refractivity contribution in [2.24, 2.45) is 0 Å².